The number of ether oxygens (including phenoxy) is 1. The molecule has 7 heteroatoms. The van der Waals surface area contributed by atoms with Crippen molar-refractivity contribution in [3.05, 3.63) is 77.0 Å². The van der Waals surface area contributed by atoms with Crippen LogP contribution in [0.5, 0.6) is 0 Å². The van der Waals surface area contributed by atoms with Crippen LogP contribution in [0.1, 0.15) is 18.4 Å². The third kappa shape index (κ3) is 3.84. The molecule has 0 atom stereocenters. The topological polar surface area (TPSA) is 84.8 Å². The van der Waals surface area contributed by atoms with E-state index in [1.807, 2.05) is 42.7 Å². The first-order valence-corrected chi connectivity index (χ1v) is 10.2. The van der Waals surface area contributed by atoms with E-state index in [1.54, 1.807) is 16.8 Å². The fourth-order valence-corrected chi connectivity index (χ4v) is 3.86. The molecule has 1 saturated heterocycles. The number of H-pyrrole nitrogens is 1. The molecule has 0 aliphatic carbocycles. The minimum Gasteiger partial charge on any atom is -0.381 e. The van der Waals surface area contributed by atoms with Gasteiger partial charge < -0.3 is 19.6 Å². The first kappa shape index (κ1) is 18.6. The molecule has 0 bridgehead atoms. The van der Waals surface area contributed by atoms with Crippen molar-refractivity contribution in [2.75, 3.05) is 18.5 Å². The Kier molecular flexibility index (Phi) is 5.03. The largest absolute Gasteiger partial charge is 0.381 e. The lowest BCUT2D eigenvalue weighted by atomic mass is 10.1. The van der Waals surface area contributed by atoms with Crippen LogP contribution < -0.4 is 10.9 Å². The average molecular weight is 401 g/mol. The van der Waals surface area contributed by atoms with E-state index in [0.29, 0.717) is 18.5 Å². The molecular weight excluding hydrogens is 378 g/mol. The van der Waals surface area contributed by atoms with Gasteiger partial charge in [0.15, 0.2) is 0 Å². The SMILES string of the molecule is O=c1cc(-c2ccnc(NC3CCOCC3)n2)ccn1Cc1c[nH]c2ccccc12. The zero-order valence-electron chi connectivity index (χ0n) is 16.5. The molecule has 1 aliphatic rings. The van der Waals surface area contributed by atoms with E-state index in [0.717, 1.165) is 53.8 Å². The van der Waals surface area contributed by atoms with E-state index < -0.39 is 0 Å². The van der Waals surface area contributed by atoms with E-state index in [-0.39, 0.29) is 5.56 Å². The molecule has 0 spiro atoms. The molecule has 1 aromatic carbocycles. The highest BCUT2D eigenvalue weighted by molar-refractivity contribution is 5.83. The van der Waals surface area contributed by atoms with Gasteiger partial charge in [-0.15, -0.1) is 0 Å². The molecule has 152 valence electrons. The van der Waals surface area contributed by atoms with Gasteiger partial charge in [0.2, 0.25) is 5.95 Å². The van der Waals surface area contributed by atoms with Crippen molar-refractivity contribution in [1.29, 1.82) is 0 Å². The van der Waals surface area contributed by atoms with Crippen LogP contribution in [-0.4, -0.2) is 38.8 Å². The first-order chi connectivity index (χ1) is 14.8. The summed E-state index contributed by atoms with van der Waals surface area (Å²) in [6.07, 6.45) is 7.40. The Labute approximate surface area is 173 Å². The van der Waals surface area contributed by atoms with Crippen molar-refractivity contribution in [2.24, 2.45) is 0 Å². The zero-order chi connectivity index (χ0) is 20.3. The Bertz CT molecular complexity index is 1220. The van der Waals surface area contributed by atoms with Crippen LogP contribution in [0.2, 0.25) is 0 Å². The molecule has 3 aromatic heterocycles. The summed E-state index contributed by atoms with van der Waals surface area (Å²) in [5.74, 6) is 0.586. The maximum absolute atomic E-state index is 12.8. The molecule has 2 N–H and O–H groups in total. The predicted molar refractivity (Wildman–Crippen MR) is 117 cm³/mol. The molecule has 1 aliphatic heterocycles. The molecule has 1 fully saturated rings. The second kappa shape index (κ2) is 8.12. The van der Waals surface area contributed by atoms with Crippen molar-refractivity contribution in [2.45, 2.75) is 25.4 Å². The third-order valence-corrected chi connectivity index (χ3v) is 5.52. The van der Waals surface area contributed by atoms with Gasteiger partial charge in [0.25, 0.3) is 5.56 Å². The zero-order valence-corrected chi connectivity index (χ0v) is 16.5. The summed E-state index contributed by atoms with van der Waals surface area (Å²) in [4.78, 5) is 25.0. The number of aromatic amines is 1. The van der Waals surface area contributed by atoms with E-state index in [4.69, 9.17) is 4.74 Å². The molecule has 4 aromatic rings. The number of nitrogens with zero attached hydrogens (tertiary/aromatic N) is 3. The van der Waals surface area contributed by atoms with Crippen molar-refractivity contribution in [3.8, 4) is 11.3 Å². The van der Waals surface area contributed by atoms with Crippen molar-refractivity contribution >= 4 is 16.9 Å². The highest BCUT2D eigenvalue weighted by Gasteiger charge is 2.15. The molecule has 0 saturated carbocycles. The lowest BCUT2D eigenvalue weighted by Crippen LogP contribution is -2.28. The first-order valence-electron chi connectivity index (χ1n) is 10.2. The van der Waals surface area contributed by atoms with Crippen LogP contribution in [0.25, 0.3) is 22.2 Å². The van der Waals surface area contributed by atoms with Crippen LogP contribution in [0, 0.1) is 0 Å². The van der Waals surface area contributed by atoms with Gasteiger partial charge in [-0.25, -0.2) is 9.97 Å². The quantitative estimate of drug-likeness (QED) is 0.535. The molecule has 0 amide bonds. The van der Waals surface area contributed by atoms with Gasteiger partial charge in [-0.1, -0.05) is 18.2 Å². The highest BCUT2D eigenvalue weighted by atomic mass is 16.5. The van der Waals surface area contributed by atoms with Gasteiger partial charge in [0, 0.05) is 60.4 Å². The van der Waals surface area contributed by atoms with Crippen LogP contribution in [0.15, 0.2) is 65.8 Å². The number of para-hydroxylation sites is 1. The summed E-state index contributed by atoms with van der Waals surface area (Å²) >= 11 is 0. The predicted octanol–water partition coefficient (Wildman–Crippen LogP) is 3.43. The summed E-state index contributed by atoms with van der Waals surface area (Å²) in [5.41, 5.74) is 3.62. The monoisotopic (exact) mass is 401 g/mol. The number of hydrogen-bond acceptors (Lipinski definition) is 5. The van der Waals surface area contributed by atoms with E-state index in [1.165, 1.54) is 0 Å². The van der Waals surface area contributed by atoms with Gasteiger partial charge in [-0.2, -0.15) is 0 Å². The number of benzene rings is 1. The molecule has 0 radical (unpaired) electrons. The lowest BCUT2D eigenvalue weighted by molar-refractivity contribution is 0.0903. The Morgan fingerprint density at radius 2 is 2.03 bits per heavy atom. The fourth-order valence-electron chi connectivity index (χ4n) is 3.86. The Morgan fingerprint density at radius 3 is 2.90 bits per heavy atom. The average Bonchev–Trinajstić information content (AvgIpc) is 3.19. The summed E-state index contributed by atoms with van der Waals surface area (Å²) in [6.45, 7) is 2.03. The van der Waals surface area contributed by atoms with Gasteiger partial charge in [0.1, 0.15) is 0 Å². The summed E-state index contributed by atoms with van der Waals surface area (Å²) in [7, 11) is 0. The lowest BCUT2D eigenvalue weighted by Gasteiger charge is -2.23. The van der Waals surface area contributed by atoms with Crippen molar-refractivity contribution in [1.82, 2.24) is 19.5 Å². The van der Waals surface area contributed by atoms with Gasteiger partial charge in [-0.3, -0.25) is 4.79 Å². The van der Waals surface area contributed by atoms with Gasteiger partial charge >= 0.3 is 0 Å². The van der Waals surface area contributed by atoms with E-state index >= 15 is 0 Å². The number of nitrogens with one attached hydrogen (secondary N) is 2. The standard InChI is InChI=1S/C23H23N5O2/c29-22-13-16(20-5-9-24-23(27-20)26-18-7-11-30-12-8-18)6-10-28(22)15-17-14-25-21-4-2-1-3-19(17)21/h1-6,9-10,13-14,18,25H,7-8,11-12,15H2,(H,24,26,27). The number of aromatic nitrogens is 4. The second-order valence-corrected chi connectivity index (χ2v) is 7.54. The van der Waals surface area contributed by atoms with Crippen LogP contribution in [0.4, 0.5) is 5.95 Å². The molecule has 30 heavy (non-hydrogen) atoms. The molecule has 0 unspecified atom stereocenters. The van der Waals surface area contributed by atoms with Crippen molar-refractivity contribution < 1.29 is 4.74 Å². The summed E-state index contributed by atoms with van der Waals surface area (Å²) in [6, 6.07) is 13.8. The Hall–Kier alpha value is -3.45. The molecule has 7 nitrogen and oxygen atoms in total. The number of rotatable bonds is 5. The number of pyridine rings is 1. The third-order valence-electron chi connectivity index (χ3n) is 5.52. The van der Waals surface area contributed by atoms with Gasteiger partial charge in [0.05, 0.1) is 12.2 Å². The second-order valence-electron chi connectivity index (χ2n) is 7.54. The normalized spacial score (nSPS) is 14.8. The molecule has 5 rings (SSSR count). The Morgan fingerprint density at radius 1 is 1.17 bits per heavy atom. The maximum atomic E-state index is 12.8. The minimum absolute atomic E-state index is 0.0599. The number of anilines is 1. The minimum atomic E-state index is -0.0599. The molecular formula is C23H23N5O2. The van der Waals surface area contributed by atoms with E-state index in [2.05, 4.69) is 26.3 Å². The maximum Gasteiger partial charge on any atom is 0.251 e. The number of fused-ring (bicyclic) bond motifs is 1. The number of hydrogen-bond donors (Lipinski definition) is 2. The smallest absolute Gasteiger partial charge is 0.251 e. The van der Waals surface area contributed by atoms with E-state index in [9.17, 15) is 4.79 Å². The highest BCUT2D eigenvalue weighted by Crippen LogP contribution is 2.20. The Balaban J connectivity index is 1.37. The van der Waals surface area contributed by atoms with Crippen LogP contribution >= 0.6 is 0 Å². The van der Waals surface area contributed by atoms with Crippen molar-refractivity contribution in [3.63, 3.8) is 0 Å². The fraction of sp³-hybridized carbons (Fsp3) is 0.261. The van der Waals surface area contributed by atoms with Crippen LogP contribution in [0.3, 0.4) is 0 Å². The summed E-state index contributed by atoms with van der Waals surface area (Å²) in [5, 5.41) is 4.51. The summed E-state index contributed by atoms with van der Waals surface area (Å²) < 4.78 is 7.11. The molecule has 4 heterocycles. The van der Waals surface area contributed by atoms with Gasteiger partial charge in [-0.05, 0) is 36.6 Å². The van der Waals surface area contributed by atoms with Crippen LogP contribution in [-0.2, 0) is 11.3 Å².